The fourth-order valence-electron chi connectivity index (χ4n) is 8.50. The number of rotatable bonds is 18. The van der Waals surface area contributed by atoms with Crippen molar-refractivity contribution in [1.82, 2.24) is 0 Å². The second-order valence-electron chi connectivity index (χ2n) is 18.6. The van der Waals surface area contributed by atoms with Gasteiger partial charge in [-0.25, -0.2) is 21.6 Å². The molecule has 464 valence electrons. The van der Waals surface area contributed by atoms with Crippen LogP contribution in [-0.4, -0.2) is 113 Å². The lowest BCUT2D eigenvalue weighted by Gasteiger charge is -2.16. The van der Waals surface area contributed by atoms with E-state index >= 15 is 0 Å². The van der Waals surface area contributed by atoms with Crippen LogP contribution in [0, 0.1) is 13.8 Å². The molecule has 0 radical (unpaired) electrons. The summed E-state index contributed by atoms with van der Waals surface area (Å²) >= 11 is 0. The van der Waals surface area contributed by atoms with Crippen LogP contribution >= 0.6 is 0 Å². The zero-order chi connectivity index (χ0) is 65.2. The molecule has 0 atom stereocenters. The number of hydrogen-bond donors (Lipinski definition) is 12. The van der Waals surface area contributed by atoms with Crippen molar-refractivity contribution in [3.05, 3.63) is 156 Å². The lowest BCUT2D eigenvalue weighted by atomic mass is 10.1. The third kappa shape index (κ3) is 14.4. The fourth-order valence-corrected chi connectivity index (χ4v) is 14.7. The molecule has 12 N–H and O–H groups in total. The standard InChI is InChI=1S/C49H40N6O25S8/c1-25-9-11-31(81(59,60)54-29-7-3-5-27(17-29)47(56)50-37-13-15-41(85(69,70)71)35-19-33(83(63,64)65)23-43(45(35)37)87(75,76)77)21-39(25)52-49(58)53-40-22-32(12-10-26(40)2)82(61,62)55-30-8-4-6-28(18-30)48(57)51-38-14-16-42(86(72,73)74)36-20-34(84(66,67)68)24-44(46(36)38)88(78,79)80/h3-24,54-55H,1-2H3,(H,50,56)(H,51,57)(H2,52,53,58)(H,63,64,65)(H,66,67,68)(H,69,70,71)(H,72,73,74)(H,75,76,77)(H,78,79,80). The highest BCUT2D eigenvalue weighted by atomic mass is 32.2. The molecule has 8 aromatic rings. The molecular weight excluding hydrogens is 1330 g/mol. The Kier molecular flexibility index (Phi) is 17.2. The fraction of sp³-hybridized carbons (Fsp3) is 0.0408. The maximum Gasteiger partial charge on any atom is 0.323 e. The summed E-state index contributed by atoms with van der Waals surface area (Å²) in [6.45, 7) is 2.98. The third-order valence-electron chi connectivity index (χ3n) is 12.5. The van der Waals surface area contributed by atoms with E-state index < -0.39 is 171 Å². The van der Waals surface area contributed by atoms with Crippen LogP contribution in [0.25, 0.3) is 21.5 Å². The highest BCUT2D eigenvalue weighted by Gasteiger charge is 2.30. The van der Waals surface area contributed by atoms with Crippen molar-refractivity contribution < 1.29 is 109 Å². The SMILES string of the molecule is Cc1ccc(S(=O)(=O)Nc2cccc(C(=O)Nc3ccc(S(=O)(=O)O)c4cc(S(=O)(=O)O)cc(S(=O)(=O)O)c34)c2)cc1NC(=O)Nc1cc(S(=O)(=O)Nc2cccc(C(=O)Nc3ccc(S(=O)(=O)O)c4cc(S(=O)(=O)O)cc(S(=O)(=O)O)c34)c2)ccc1C. The summed E-state index contributed by atoms with van der Waals surface area (Å²) in [5, 5.41) is 5.99. The molecule has 0 fully saturated rings. The zero-order valence-electron chi connectivity index (χ0n) is 43.9. The molecule has 0 heterocycles. The molecule has 0 saturated carbocycles. The average molecular weight is 1370 g/mol. The molecule has 0 aromatic heterocycles. The van der Waals surface area contributed by atoms with Crippen molar-refractivity contribution in [1.29, 1.82) is 0 Å². The number of hydrogen-bond acceptors (Lipinski definition) is 19. The number of carbonyl (C=O) groups excluding carboxylic acids is 3. The smallest absolute Gasteiger partial charge is 0.321 e. The van der Waals surface area contributed by atoms with Crippen LogP contribution in [0.15, 0.2) is 173 Å². The molecule has 0 saturated heterocycles. The summed E-state index contributed by atoms with van der Waals surface area (Å²) in [5.74, 6) is -2.26. The van der Waals surface area contributed by atoms with Crippen molar-refractivity contribution in [2.45, 2.75) is 53.0 Å². The first-order valence-corrected chi connectivity index (χ1v) is 35.3. The number of carbonyl (C=O) groups is 3. The molecule has 8 rings (SSSR count). The third-order valence-corrected chi connectivity index (χ3v) is 20.5. The molecule has 0 aliphatic carbocycles. The number of aryl methyl sites for hydroxylation is 2. The van der Waals surface area contributed by atoms with E-state index in [1.54, 1.807) is 0 Å². The van der Waals surface area contributed by atoms with Crippen LogP contribution in [0.1, 0.15) is 31.8 Å². The number of amides is 4. The van der Waals surface area contributed by atoms with Gasteiger partial charge < -0.3 is 21.3 Å². The molecule has 88 heavy (non-hydrogen) atoms. The van der Waals surface area contributed by atoms with Crippen molar-refractivity contribution in [2.24, 2.45) is 0 Å². The predicted molar refractivity (Wildman–Crippen MR) is 312 cm³/mol. The number of anilines is 6. The highest BCUT2D eigenvalue weighted by molar-refractivity contribution is 7.93. The summed E-state index contributed by atoms with van der Waals surface area (Å²) < 4.78 is 266. The van der Waals surface area contributed by atoms with Crippen LogP contribution in [0.2, 0.25) is 0 Å². The summed E-state index contributed by atoms with van der Waals surface area (Å²) in [5.41, 5.74) is -1.94. The van der Waals surface area contributed by atoms with Gasteiger partial charge in [-0.3, -0.25) is 46.3 Å². The maximum absolute atomic E-state index is 13.8. The first kappa shape index (κ1) is 65.4. The summed E-state index contributed by atoms with van der Waals surface area (Å²) in [7, 11) is -41.3. The Balaban J connectivity index is 0.978. The monoisotopic (exact) mass is 1370 g/mol. The molecule has 8 aromatic carbocycles. The van der Waals surface area contributed by atoms with Crippen LogP contribution in [0.4, 0.5) is 38.9 Å². The van der Waals surface area contributed by atoms with Crippen LogP contribution in [0.3, 0.4) is 0 Å². The normalized spacial score (nSPS) is 12.7. The van der Waals surface area contributed by atoms with Gasteiger partial charge in [0.15, 0.2) is 0 Å². The summed E-state index contributed by atoms with van der Waals surface area (Å²) in [6, 6.07) is 19.4. The lowest BCUT2D eigenvalue weighted by molar-refractivity contribution is 0.101. The van der Waals surface area contributed by atoms with Crippen LogP contribution < -0.4 is 30.7 Å². The largest absolute Gasteiger partial charge is 0.323 e. The minimum absolute atomic E-state index is 0.0887. The molecular formula is C49H40N6O25S8. The van der Waals surface area contributed by atoms with Gasteiger partial charge in [-0.05, 0) is 134 Å². The number of fused-ring (bicyclic) bond motifs is 2. The van der Waals surface area contributed by atoms with Gasteiger partial charge in [0.2, 0.25) is 0 Å². The average Bonchev–Trinajstić information content (AvgIpc) is 0.797. The number of benzene rings is 8. The predicted octanol–water partition coefficient (Wildman–Crippen LogP) is 5.84. The van der Waals surface area contributed by atoms with Gasteiger partial charge >= 0.3 is 6.03 Å². The topological polar surface area (TPSA) is 518 Å². The summed E-state index contributed by atoms with van der Waals surface area (Å²) in [4.78, 5) is 32.6. The van der Waals surface area contributed by atoms with E-state index in [1.165, 1.54) is 50.2 Å². The Morgan fingerprint density at radius 2 is 0.670 bits per heavy atom. The molecule has 0 spiro atoms. The van der Waals surface area contributed by atoms with Gasteiger partial charge in [0, 0.05) is 55.4 Å². The van der Waals surface area contributed by atoms with Gasteiger partial charge in [0.25, 0.3) is 92.6 Å². The summed E-state index contributed by atoms with van der Waals surface area (Å²) in [6.07, 6.45) is 0. The van der Waals surface area contributed by atoms with Crippen molar-refractivity contribution in [3.63, 3.8) is 0 Å². The molecule has 4 amide bonds. The minimum atomic E-state index is -5.49. The Labute approximate surface area is 499 Å². The molecule has 0 aliphatic heterocycles. The van der Waals surface area contributed by atoms with E-state index in [-0.39, 0.29) is 46.0 Å². The van der Waals surface area contributed by atoms with Crippen molar-refractivity contribution in [3.8, 4) is 0 Å². The van der Waals surface area contributed by atoms with E-state index in [0.29, 0.717) is 35.4 Å². The highest BCUT2D eigenvalue weighted by Crippen LogP contribution is 2.39. The van der Waals surface area contributed by atoms with Crippen LogP contribution in [0.5, 0.6) is 0 Å². The van der Waals surface area contributed by atoms with E-state index in [2.05, 4.69) is 30.7 Å². The maximum atomic E-state index is 13.8. The van der Waals surface area contributed by atoms with Gasteiger partial charge in [-0.1, -0.05) is 24.3 Å². The number of nitrogens with one attached hydrogen (secondary N) is 6. The van der Waals surface area contributed by atoms with Crippen LogP contribution in [-0.2, 0) is 80.8 Å². The van der Waals surface area contributed by atoms with Crippen molar-refractivity contribution in [2.75, 3.05) is 30.7 Å². The number of urea groups is 1. The zero-order valence-corrected chi connectivity index (χ0v) is 50.4. The van der Waals surface area contributed by atoms with Gasteiger partial charge in [0.05, 0.1) is 31.0 Å². The number of sulfonamides is 2. The lowest BCUT2D eigenvalue weighted by Crippen LogP contribution is -2.22. The Bertz CT molecular complexity index is 5010. The first-order valence-electron chi connectivity index (χ1n) is 23.7. The minimum Gasteiger partial charge on any atom is -0.321 e. The van der Waals surface area contributed by atoms with E-state index in [9.17, 15) is 109 Å². The second-order valence-corrected chi connectivity index (χ2v) is 30.3. The molecule has 39 heteroatoms. The van der Waals surface area contributed by atoms with Gasteiger partial charge in [-0.15, -0.1) is 0 Å². The molecule has 0 unspecified atom stereocenters. The Hall–Kier alpha value is -8.55. The van der Waals surface area contributed by atoms with E-state index in [1.807, 2.05) is 0 Å². The van der Waals surface area contributed by atoms with Gasteiger partial charge in [-0.2, -0.15) is 50.5 Å². The Morgan fingerprint density at radius 3 is 0.989 bits per heavy atom. The molecule has 0 aliphatic rings. The Morgan fingerprint density at radius 1 is 0.330 bits per heavy atom. The van der Waals surface area contributed by atoms with Crippen molar-refractivity contribution >= 4 is 154 Å². The quantitative estimate of drug-likeness (QED) is 0.0449. The van der Waals surface area contributed by atoms with E-state index in [4.69, 9.17) is 0 Å². The van der Waals surface area contributed by atoms with Gasteiger partial charge in [0.1, 0.15) is 19.6 Å². The molecule has 0 bridgehead atoms. The first-order chi connectivity index (χ1) is 40.4. The molecule has 31 nitrogen and oxygen atoms in total. The van der Waals surface area contributed by atoms with E-state index in [0.717, 1.165) is 60.7 Å². The second kappa shape index (κ2) is 23.2.